The predicted octanol–water partition coefficient (Wildman–Crippen LogP) is 5.16. The maximum Gasteiger partial charge on any atom is 0.325 e. The number of nitrogens with one attached hydrogen (secondary N) is 2. The molecule has 0 aliphatic rings. The van der Waals surface area contributed by atoms with Gasteiger partial charge in [-0.25, -0.2) is 9.48 Å². The van der Waals surface area contributed by atoms with E-state index in [4.69, 9.17) is 27.9 Å². The molecule has 3 rings (SSSR count). The van der Waals surface area contributed by atoms with Gasteiger partial charge in [-0.2, -0.15) is 5.10 Å². The van der Waals surface area contributed by atoms with Gasteiger partial charge in [0, 0.05) is 18.2 Å². The van der Waals surface area contributed by atoms with E-state index in [0.717, 1.165) is 12.0 Å². The van der Waals surface area contributed by atoms with Gasteiger partial charge in [-0.05, 0) is 31.5 Å². The molecule has 0 aliphatic carbocycles. The number of carbonyl (C=O) groups excluding carboxylic acids is 3. The summed E-state index contributed by atoms with van der Waals surface area (Å²) < 4.78 is 6.40. The molecule has 0 saturated carbocycles. The lowest BCUT2D eigenvalue weighted by Gasteiger charge is -2.22. The van der Waals surface area contributed by atoms with E-state index in [-0.39, 0.29) is 19.7 Å². The molecule has 0 saturated heterocycles. The van der Waals surface area contributed by atoms with Gasteiger partial charge >= 0.3 is 12.0 Å². The number of esters is 1. The Balaban J connectivity index is 1.82. The van der Waals surface area contributed by atoms with Crippen LogP contribution < -0.4 is 10.6 Å². The average molecular weight is 546 g/mol. The zero-order valence-corrected chi connectivity index (χ0v) is 22.2. The van der Waals surface area contributed by atoms with E-state index in [2.05, 4.69) is 15.7 Å². The van der Waals surface area contributed by atoms with Crippen molar-refractivity contribution in [2.75, 3.05) is 31.6 Å². The van der Waals surface area contributed by atoms with Crippen LogP contribution in [0.1, 0.15) is 26.7 Å². The Morgan fingerprint density at radius 2 is 1.78 bits per heavy atom. The van der Waals surface area contributed by atoms with Gasteiger partial charge < -0.3 is 20.3 Å². The molecule has 2 aromatic carbocycles. The zero-order chi connectivity index (χ0) is 26.8. The van der Waals surface area contributed by atoms with Gasteiger partial charge in [-0.3, -0.25) is 9.59 Å². The third-order valence-electron chi connectivity index (χ3n) is 5.29. The number of nitrogens with zero attached hydrogens (tertiary/aromatic N) is 3. The molecule has 0 aliphatic heterocycles. The van der Waals surface area contributed by atoms with Crippen LogP contribution in [0.5, 0.6) is 0 Å². The van der Waals surface area contributed by atoms with Crippen molar-refractivity contribution in [1.29, 1.82) is 0 Å². The fourth-order valence-corrected chi connectivity index (χ4v) is 3.75. The topological polar surface area (TPSA) is 106 Å². The van der Waals surface area contributed by atoms with Gasteiger partial charge in [0.05, 0.1) is 28.0 Å². The predicted molar refractivity (Wildman–Crippen MR) is 144 cm³/mol. The summed E-state index contributed by atoms with van der Waals surface area (Å²) >= 11 is 12.3. The Morgan fingerprint density at radius 1 is 1.03 bits per heavy atom. The van der Waals surface area contributed by atoms with Crippen LogP contribution in [0.25, 0.3) is 16.9 Å². The average Bonchev–Trinajstić information content (AvgIpc) is 3.31. The van der Waals surface area contributed by atoms with E-state index >= 15 is 0 Å². The fraction of sp³-hybridized carbons (Fsp3) is 0.308. The number of hydrogen-bond donors (Lipinski definition) is 2. The van der Waals surface area contributed by atoms with Gasteiger partial charge in [0.15, 0.2) is 0 Å². The van der Waals surface area contributed by atoms with Crippen molar-refractivity contribution in [3.05, 3.63) is 64.6 Å². The standard InChI is InChI=1S/C26H29Cl2N5O4/c1-3-5-13-32(26(36)29-16-25(35)37-4-2)17-24(34)30-23-15-22(18-9-7-6-8-10-18)31-33(23)19-11-12-20(27)21(28)14-19/h6-12,14-15H,3-5,13,16-17H2,1-2H3,(H,29,36)(H,30,34). The highest BCUT2D eigenvalue weighted by atomic mass is 35.5. The quantitative estimate of drug-likeness (QED) is 0.324. The van der Waals surface area contributed by atoms with E-state index in [1.165, 1.54) is 4.90 Å². The van der Waals surface area contributed by atoms with Crippen molar-refractivity contribution in [3.8, 4) is 16.9 Å². The summed E-state index contributed by atoms with van der Waals surface area (Å²) in [6, 6.07) is 15.8. The second kappa shape index (κ2) is 13.7. The Morgan fingerprint density at radius 3 is 2.46 bits per heavy atom. The first kappa shape index (κ1) is 28.0. The molecule has 0 atom stereocenters. The van der Waals surface area contributed by atoms with Crippen LogP contribution in [-0.2, 0) is 14.3 Å². The van der Waals surface area contributed by atoms with Gasteiger partial charge in [0.25, 0.3) is 0 Å². The van der Waals surface area contributed by atoms with Crippen molar-refractivity contribution >= 4 is 46.9 Å². The van der Waals surface area contributed by atoms with E-state index in [9.17, 15) is 14.4 Å². The highest BCUT2D eigenvalue weighted by Gasteiger charge is 2.20. The minimum absolute atomic E-state index is 0.216. The van der Waals surface area contributed by atoms with Crippen LogP contribution in [0.3, 0.4) is 0 Å². The van der Waals surface area contributed by atoms with Gasteiger partial charge in [-0.1, -0.05) is 66.9 Å². The molecule has 1 heterocycles. The molecule has 2 N–H and O–H groups in total. The number of urea groups is 1. The van der Waals surface area contributed by atoms with Gasteiger partial charge in [0.1, 0.15) is 18.9 Å². The van der Waals surface area contributed by atoms with Crippen LogP contribution in [-0.4, -0.2) is 58.8 Å². The maximum atomic E-state index is 13.1. The zero-order valence-electron chi connectivity index (χ0n) is 20.7. The summed E-state index contributed by atoms with van der Waals surface area (Å²) in [4.78, 5) is 38.7. The highest BCUT2D eigenvalue weighted by molar-refractivity contribution is 6.42. The van der Waals surface area contributed by atoms with Crippen molar-refractivity contribution in [3.63, 3.8) is 0 Å². The molecule has 9 nitrogen and oxygen atoms in total. The van der Waals surface area contributed by atoms with Crippen LogP contribution in [0, 0.1) is 0 Å². The van der Waals surface area contributed by atoms with Crippen LogP contribution in [0.2, 0.25) is 10.0 Å². The van der Waals surface area contributed by atoms with Crippen LogP contribution in [0.15, 0.2) is 54.6 Å². The minimum Gasteiger partial charge on any atom is -0.465 e. The monoisotopic (exact) mass is 545 g/mol. The second-order valence-electron chi connectivity index (χ2n) is 8.08. The number of hydrogen-bond acceptors (Lipinski definition) is 5. The third kappa shape index (κ3) is 7.96. The van der Waals surface area contributed by atoms with Crippen molar-refractivity contribution in [2.45, 2.75) is 26.7 Å². The third-order valence-corrected chi connectivity index (χ3v) is 6.03. The smallest absolute Gasteiger partial charge is 0.325 e. The molecule has 0 radical (unpaired) electrons. The number of anilines is 1. The van der Waals surface area contributed by atoms with E-state index in [1.54, 1.807) is 35.9 Å². The maximum absolute atomic E-state index is 13.1. The van der Waals surface area contributed by atoms with Crippen LogP contribution >= 0.6 is 23.2 Å². The Hall–Kier alpha value is -3.56. The Bertz CT molecular complexity index is 1230. The first-order valence-electron chi connectivity index (χ1n) is 11.9. The molecular weight excluding hydrogens is 517 g/mol. The summed E-state index contributed by atoms with van der Waals surface area (Å²) in [6.45, 7) is 3.73. The number of ether oxygens (including phenoxy) is 1. The van der Waals surface area contributed by atoms with Crippen molar-refractivity contribution < 1.29 is 19.1 Å². The van der Waals surface area contributed by atoms with Gasteiger partial charge in [-0.15, -0.1) is 0 Å². The normalized spacial score (nSPS) is 10.6. The van der Waals surface area contributed by atoms with Gasteiger partial charge in [0.2, 0.25) is 5.91 Å². The molecule has 0 spiro atoms. The minimum atomic E-state index is -0.547. The number of unbranched alkanes of at least 4 members (excludes halogenated alkanes) is 1. The number of amides is 3. The second-order valence-corrected chi connectivity index (χ2v) is 8.89. The number of aromatic nitrogens is 2. The molecule has 0 unspecified atom stereocenters. The lowest BCUT2D eigenvalue weighted by atomic mass is 10.1. The molecule has 37 heavy (non-hydrogen) atoms. The lowest BCUT2D eigenvalue weighted by Crippen LogP contribution is -2.46. The molecule has 3 amide bonds. The number of carbonyl (C=O) groups is 3. The molecule has 0 fully saturated rings. The molecule has 1 aromatic heterocycles. The van der Waals surface area contributed by atoms with E-state index in [0.29, 0.717) is 40.2 Å². The molecule has 0 bridgehead atoms. The van der Waals surface area contributed by atoms with Crippen molar-refractivity contribution in [1.82, 2.24) is 20.0 Å². The number of halogens is 2. The van der Waals surface area contributed by atoms with Crippen molar-refractivity contribution in [2.24, 2.45) is 0 Å². The summed E-state index contributed by atoms with van der Waals surface area (Å²) in [5, 5.41) is 10.8. The summed E-state index contributed by atoms with van der Waals surface area (Å²) in [7, 11) is 0. The van der Waals surface area contributed by atoms with E-state index in [1.807, 2.05) is 37.3 Å². The first-order valence-corrected chi connectivity index (χ1v) is 12.7. The van der Waals surface area contributed by atoms with Crippen LogP contribution in [0.4, 0.5) is 10.6 Å². The number of rotatable bonds is 11. The highest BCUT2D eigenvalue weighted by Crippen LogP contribution is 2.29. The molecule has 11 heteroatoms. The largest absolute Gasteiger partial charge is 0.465 e. The lowest BCUT2D eigenvalue weighted by molar-refractivity contribution is -0.141. The first-order chi connectivity index (χ1) is 17.8. The fourth-order valence-electron chi connectivity index (χ4n) is 3.46. The summed E-state index contributed by atoms with van der Waals surface area (Å²) in [5.41, 5.74) is 2.10. The summed E-state index contributed by atoms with van der Waals surface area (Å²) in [5.74, 6) is -0.581. The molecule has 3 aromatic rings. The molecule has 196 valence electrons. The Kier molecular flexibility index (Phi) is 10.3. The van der Waals surface area contributed by atoms with E-state index < -0.39 is 17.9 Å². The number of benzene rings is 2. The molecular formula is C26H29Cl2N5O4. The summed E-state index contributed by atoms with van der Waals surface area (Å²) in [6.07, 6.45) is 1.52. The Labute approximate surface area is 225 Å². The SMILES string of the molecule is CCCCN(CC(=O)Nc1cc(-c2ccccc2)nn1-c1ccc(Cl)c(Cl)c1)C(=O)NCC(=O)OCC.